The van der Waals surface area contributed by atoms with E-state index in [0.29, 0.717) is 54.1 Å². The lowest BCUT2D eigenvalue weighted by Gasteiger charge is -2.42. The van der Waals surface area contributed by atoms with E-state index < -0.39 is 17.7 Å². The van der Waals surface area contributed by atoms with E-state index in [9.17, 15) is 18.8 Å². The van der Waals surface area contributed by atoms with Crippen LogP contribution in [0, 0.1) is 16.6 Å². The molecule has 2 aromatic carbocycles. The minimum Gasteiger partial charge on any atom is -0.465 e. The Morgan fingerprint density at radius 1 is 0.806 bits per heavy atom. The van der Waals surface area contributed by atoms with Gasteiger partial charge in [0.2, 0.25) is 0 Å². The minimum absolute atomic E-state index is 0.00208. The second-order valence-corrected chi connectivity index (χ2v) is 11.6. The first-order chi connectivity index (χ1) is 16.9. The molecule has 2 aliphatic carbocycles. The van der Waals surface area contributed by atoms with Crippen LogP contribution in [0.3, 0.4) is 0 Å². The van der Waals surface area contributed by atoms with Crippen LogP contribution in [0.5, 0.6) is 5.75 Å². The van der Waals surface area contributed by atoms with Crippen LogP contribution in [0.1, 0.15) is 75.2 Å². The molecule has 0 saturated heterocycles. The third kappa shape index (κ3) is 4.52. The van der Waals surface area contributed by atoms with Crippen molar-refractivity contribution in [1.82, 2.24) is 0 Å². The Kier molecular flexibility index (Phi) is 5.73. The first kappa shape index (κ1) is 24.2. The number of carbonyl (C=O) groups is 3. The summed E-state index contributed by atoms with van der Waals surface area (Å²) in [4.78, 5) is 39.2. The summed E-state index contributed by atoms with van der Waals surface area (Å²) in [5.41, 5.74) is 1.71. The van der Waals surface area contributed by atoms with Gasteiger partial charge in [0, 0.05) is 42.7 Å². The molecule has 0 amide bonds. The molecule has 0 spiro atoms. The average Bonchev–Trinajstić information content (AvgIpc) is 2.77. The van der Waals surface area contributed by atoms with Gasteiger partial charge in [0.1, 0.15) is 23.1 Å². The van der Waals surface area contributed by atoms with E-state index in [-0.39, 0.29) is 28.0 Å². The molecule has 5 rings (SSSR count). The number of ether oxygens (including phenoxy) is 2. The summed E-state index contributed by atoms with van der Waals surface area (Å²) < 4.78 is 24.9. The van der Waals surface area contributed by atoms with Crippen LogP contribution in [-0.2, 0) is 14.3 Å². The number of Topliss-reactive ketones (excluding diaryl/α,β-unsaturated/α-hetero) is 2. The summed E-state index contributed by atoms with van der Waals surface area (Å²) in [7, 11) is 0. The van der Waals surface area contributed by atoms with Crippen molar-refractivity contribution in [2.75, 3.05) is 0 Å². The second kappa shape index (κ2) is 8.54. The van der Waals surface area contributed by atoms with Crippen molar-refractivity contribution < 1.29 is 28.2 Å². The van der Waals surface area contributed by atoms with Crippen molar-refractivity contribution in [1.29, 1.82) is 0 Å². The van der Waals surface area contributed by atoms with E-state index >= 15 is 0 Å². The fraction of sp³-hybridized carbons (Fsp3) is 0.367. The molecule has 0 aromatic heterocycles. The molecular formula is C30H29FO5. The predicted octanol–water partition coefficient (Wildman–Crippen LogP) is 6.45. The Bertz CT molecular complexity index is 1270. The molecule has 0 atom stereocenters. The van der Waals surface area contributed by atoms with Gasteiger partial charge in [0.25, 0.3) is 0 Å². The molecule has 0 fully saturated rings. The number of rotatable bonds is 3. The van der Waals surface area contributed by atoms with Crippen molar-refractivity contribution in [2.45, 2.75) is 59.3 Å². The van der Waals surface area contributed by atoms with Gasteiger partial charge in [0.15, 0.2) is 11.6 Å². The molecule has 186 valence electrons. The zero-order valence-corrected chi connectivity index (χ0v) is 20.9. The average molecular weight is 489 g/mol. The van der Waals surface area contributed by atoms with E-state index in [0.717, 1.165) is 5.56 Å². The van der Waals surface area contributed by atoms with E-state index in [4.69, 9.17) is 9.47 Å². The number of hydrogen-bond donors (Lipinski definition) is 0. The molecule has 0 bridgehead atoms. The van der Waals surface area contributed by atoms with Crippen LogP contribution in [0.25, 0.3) is 0 Å². The van der Waals surface area contributed by atoms with Crippen LogP contribution in [0.2, 0.25) is 0 Å². The summed E-state index contributed by atoms with van der Waals surface area (Å²) in [5.74, 6) is 0.113. The lowest BCUT2D eigenvalue weighted by atomic mass is 9.65. The van der Waals surface area contributed by atoms with Crippen molar-refractivity contribution in [3.05, 3.63) is 88.1 Å². The van der Waals surface area contributed by atoms with Gasteiger partial charge in [-0.1, -0.05) is 39.8 Å². The zero-order valence-electron chi connectivity index (χ0n) is 20.9. The molecule has 0 saturated carbocycles. The Labute approximate surface area is 210 Å². The molecule has 0 N–H and O–H groups in total. The first-order valence-electron chi connectivity index (χ1n) is 12.2. The highest BCUT2D eigenvalue weighted by atomic mass is 19.1. The maximum absolute atomic E-state index is 13.4. The van der Waals surface area contributed by atoms with E-state index in [2.05, 4.69) is 27.7 Å². The highest BCUT2D eigenvalue weighted by molar-refractivity contribution is 6.06. The number of hydrogen-bond acceptors (Lipinski definition) is 5. The highest BCUT2D eigenvalue weighted by Crippen LogP contribution is 2.53. The first-order valence-corrected chi connectivity index (χ1v) is 12.2. The molecule has 1 aliphatic heterocycles. The number of benzene rings is 2. The SMILES string of the molecule is CC1(C)CC(=O)C2=C(C1)OC1=C(C(=O)CC(C)(C)C1)C2c1ccc(OC(=O)c2ccc(F)cc2)cc1. The van der Waals surface area contributed by atoms with Crippen molar-refractivity contribution in [3.63, 3.8) is 0 Å². The van der Waals surface area contributed by atoms with Crippen LogP contribution in [0.4, 0.5) is 4.39 Å². The zero-order chi connectivity index (χ0) is 25.8. The third-order valence-electron chi connectivity index (χ3n) is 7.09. The largest absolute Gasteiger partial charge is 0.465 e. The number of esters is 1. The van der Waals surface area contributed by atoms with E-state index in [1.807, 2.05) is 0 Å². The van der Waals surface area contributed by atoms with E-state index in [1.54, 1.807) is 24.3 Å². The van der Waals surface area contributed by atoms with Crippen LogP contribution in [0.15, 0.2) is 71.2 Å². The van der Waals surface area contributed by atoms with Crippen LogP contribution in [-0.4, -0.2) is 17.5 Å². The second-order valence-electron chi connectivity index (χ2n) is 11.6. The Morgan fingerprint density at radius 2 is 1.31 bits per heavy atom. The van der Waals surface area contributed by atoms with Gasteiger partial charge in [-0.2, -0.15) is 0 Å². The molecule has 1 heterocycles. The Morgan fingerprint density at radius 3 is 1.81 bits per heavy atom. The molecule has 0 radical (unpaired) electrons. The monoisotopic (exact) mass is 488 g/mol. The van der Waals surface area contributed by atoms with Crippen molar-refractivity contribution in [3.8, 4) is 5.75 Å². The van der Waals surface area contributed by atoms with Gasteiger partial charge in [0.05, 0.1) is 5.56 Å². The van der Waals surface area contributed by atoms with Gasteiger partial charge >= 0.3 is 5.97 Å². The molecule has 5 nitrogen and oxygen atoms in total. The van der Waals surface area contributed by atoms with Crippen molar-refractivity contribution >= 4 is 17.5 Å². The summed E-state index contributed by atoms with van der Waals surface area (Å²) >= 11 is 0. The highest BCUT2D eigenvalue weighted by Gasteiger charge is 2.47. The molecular weight excluding hydrogens is 459 g/mol. The molecule has 36 heavy (non-hydrogen) atoms. The summed E-state index contributed by atoms with van der Waals surface area (Å²) in [6.45, 7) is 8.21. The quantitative estimate of drug-likeness (QED) is 0.367. The fourth-order valence-electron chi connectivity index (χ4n) is 5.49. The fourth-order valence-corrected chi connectivity index (χ4v) is 5.49. The Hall–Kier alpha value is -3.54. The molecule has 6 heteroatoms. The lowest BCUT2D eigenvalue weighted by Crippen LogP contribution is -2.37. The number of carbonyl (C=O) groups excluding carboxylic acids is 3. The van der Waals surface area contributed by atoms with Gasteiger partial charge < -0.3 is 9.47 Å². The minimum atomic E-state index is -0.599. The lowest BCUT2D eigenvalue weighted by molar-refractivity contribution is -0.120. The summed E-state index contributed by atoms with van der Waals surface area (Å²) in [6, 6.07) is 12.0. The summed E-state index contributed by atoms with van der Waals surface area (Å²) in [5, 5.41) is 0. The maximum atomic E-state index is 13.4. The normalized spacial score (nSPS) is 21.0. The predicted molar refractivity (Wildman–Crippen MR) is 132 cm³/mol. The van der Waals surface area contributed by atoms with Crippen molar-refractivity contribution in [2.24, 2.45) is 10.8 Å². The maximum Gasteiger partial charge on any atom is 0.343 e. The molecule has 3 aliphatic rings. The van der Waals surface area contributed by atoms with Crippen LogP contribution >= 0.6 is 0 Å². The van der Waals surface area contributed by atoms with Gasteiger partial charge in [-0.05, 0) is 52.8 Å². The molecule has 0 unspecified atom stereocenters. The van der Waals surface area contributed by atoms with Gasteiger partial charge in [-0.3, -0.25) is 9.59 Å². The van der Waals surface area contributed by atoms with Crippen LogP contribution < -0.4 is 4.74 Å². The van der Waals surface area contributed by atoms with Gasteiger partial charge in [-0.15, -0.1) is 0 Å². The van der Waals surface area contributed by atoms with Gasteiger partial charge in [-0.25, -0.2) is 9.18 Å². The summed E-state index contributed by atoms with van der Waals surface area (Å²) in [6.07, 6.45) is 2.04. The topological polar surface area (TPSA) is 69.7 Å². The molecule has 2 aromatic rings. The standard InChI is InChI=1S/C30H29FO5/c1-29(2)13-21(32)26-23(15-29)36-24-16-30(3,4)14-22(33)27(24)25(26)17-7-11-20(12-8-17)35-28(34)18-5-9-19(31)10-6-18/h5-12,25H,13-16H2,1-4H3. The van der Waals surface area contributed by atoms with E-state index in [1.165, 1.54) is 24.3 Å². The number of allylic oxidation sites excluding steroid dienone is 4. The number of halogens is 1. The smallest absolute Gasteiger partial charge is 0.343 e. The number of ketones is 2. The third-order valence-corrected chi connectivity index (χ3v) is 7.09. The Balaban J connectivity index is 1.50.